The molecule has 1 heterocycles. The molecule has 1 aliphatic rings. The van der Waals surface area contributed by atoms with Crippen LogP contribution in [0.25, 0.3) is 0 Å². The van der Waals surface area contributed by atoms with Gasteiger partial charge in [-0.05, 0) is 43.1 Å². The summed E-state index contributed by atoms with van der Waals surface area (Å²) in [6.07, 6.45) is 1.52. The fraction of sp³-hybridized carbons (Fsp3) is 0.500. The molecule has 0 bridgehead atoms. The van der Waals surface area contributed by atoms with Crippen molar-refractivity contribution in [2.75, 3.05) is 27.3 Å². The van der Waals surface area contributed by atoms with Gasteiger partial charge >= 0.3 is 0 Å². The van der Waals surface area contributed by atoms with Crippen molar-refractivity contribution in [3.05, 3.63) is 23.0 Å². The maximum Gasteiger partial charge on any atom is 0.197 e. The summed E-state index contributed by atoms with van der Waals surface area (Å²) in [6, 6.07) is 1.88. The van der Waals surface area contributed by atoms with Gasteiger partial charge in [0.15, 0.2) is 17.3 Å². The summed E-state index contributed by atoms with van der Waals surface area (Å²) >= 11 is 0. The number of hydrogen-bond donors (Lipinski definition) is 1. The monoisotopic (exact) mass is 225 g/mol. The normalized spacial score (nSPS) is 15.2. The summed E-state index contributed by atoms with van der Waals surface area (Å²) in [5.74, 6) is 0.407. The average Bonchev–Trinajstić information content (AvgIpc) is 2.54. The van der Waals surface area contributed by atoms with Gasteiger partial charge in [-0.15, -0.1) is 0 Å². The molecule has 0 unspecified atom stereocenters. The highest BCUT2D eigenvalue weighted by molar-refractivity contribution is 5.49. The number of hydrogen-bond acceptors (Lipinski definition) is 3. The summed E-state index contributed by atoms with van der Waals surface area (Å²) in [5.41, 5.74) is 1.77. The predicted molar refractivity (Wildman–Crippen MR) is 59.8 cm³/mol. The van der Waals surface area contributed by atoms with Crippen molar-refractivity contribution >= 4 is 0 Å². The molecule has 0 radical (unpaired) electrons. The number of methoxy groups -OCH3 is 2. The molecule has 0 aliphatic carbocycles. The van der Waals surface area contributed by atoms with E-state index in [0.717, 1.165) is 30.6 Å². The van der Waals surface area contributed by atoms with E-state index >= 15 is 0 Å². The Kier molecular flexibility index (Phi) is 3.29. The molecular weight excluding hydrogens is 209 g/mol. The lowest BCUT2D eigenvalue weighted by Gasteiger charge is -2.14. The Labute approximate surface area is 94.6 Å². The number of fused-ring (bicyclic) bond motifs is 1. The van der Waals surface area contributed by atoms with Crippen LogP contribution in [0.5, 0.6) is 11.5 Å². The lowest BCUT2D eigenvalue weighted by molar-refractivity contribution is 0.335. The fourth-order valence-corrected chi connectivity index (χ4v) is 2.09. The van der Waals surface area contributed by atoms with E-state index in [2.05, 4.69) is 5.32 Å². The van der Waals surface area contributed by atoms with Crippen molar-refractivity contribution < 1.29 is 13.9 Å². The third kappa shape index (κ3) is 1.85. The van der Waals surface area contributed by atoms with Crippen molar-refractivity contribution in [1.82, 2.24) is 5.32 Å². The molecule has 4 heteroatoms. The molecule has 0 spiro atoms. The van der Waals surface area contributed by atoms with Gasteiger partial charge in [0, 0.05) is 0 Å². The second kappa shape index (κ2) is 4.70. The van der Waals surface area contributed by atoms with Crippen LogP contribution in [-0.4, -0.2) is 27.3 Å². The molecule has 0 amide bonds. The third-order valence-corrected chi connectivity index (χ3v) is 2.93. The van der Waals surface area contributed by atoms with Crippen LogP contribution in [0, 0.1) is 5.82 Å². The molecular formula is C12H16FNO2. The van der Waals surface area contributed by atoms with Crippen LogP contribution in [0.3, 0.4) is 0 Å². The quantitative estimate of drug-likeness (QED) is 0.828. The Morgan fingerprint density at radius 3 is 2.62 bits per heavy atom. The SMILES string of the molecule is COc1cc2c(c(F)c1OC)CCNCC2. The van der Waals surface area contributed by atoms with Crippen LogP contribution >= 0.6 is 0 Å². The number of nitrogens with one attached hydrogen (secondary N) is 1. The zero-order valence-corrected chi connectivity index (χ0v) is 9.60. The zero-order chi connectivity index (χ0) is 11.5. The summed E-state index contributed by atoms with van der Waals surface area (Å²) < 4.78 is 24.3. The maximum atomic E-state index is 14.1. The van der Waals surface area contributed by atoms with Gasteiger partial charge in [-0.1, -0.05) is 0 Å². The Morgan fingerprint density at radius 2 is 1.94 bits per heavy atom. The van der Waals surface area contributed by atoms with Crippen molar-refractivity contribution in [3.8, 4) is 11.5 Å². The standard InChI is InChI=1S/C12H16FNO2/c1-15-10-7-8-3-5-14-6-4-9(8)11(13)12(10)16-2/h7,14H,3-6H2,1-2H3. The van der Waals surface area contributed by atoms with Crippen LogP contribution in [0.1, 0.15) is 11.1 Å². The Hall–Kier alpha value is -1.29. The second-order valence-electron chi connectivity index (χ2n) is 3.81. The first kappa shape index (κ1) is 11.2. The highest BCUT2D eigenvalue weighted by Crippen LogP contribution is 2.35. The van der Waals surface area contributed by atoms with Crippen LogP contribution < -0.4 is 14.8 Å². The molecule has 3 nitrogen and oxygen atoms in total. The lowest BCUT2D eigenvalue weighted by Crippen LogP contribution is -2.16. The molecule has 0 atom stereocenters. The van der Waals surface area contributed by atoms with Gasteiger partial charge in [0.25, 0.3) is 0 Å². The summed E-state index contributed by atoms with van der Waals surface area (Å²) in [7, 11) is 2.99. The molecule has 0 saturated heterocycles. The predicted octanol–water partition coefficient (Wildman–Crippen LogP) is 1.53. The zero-order valence-electron chi connectivity index (χ0n) is 9.60. The molecule has 0 aromatic heterocycles. The summed E-state index contributed by atoms with van der Waals surface area (Å²) in [6.45, 7) is 1.68. The highest BCUT2D eigenvalue weighted by Gasteiger charge is 2.20. The number of ether oxygens (including phenoxy) is 2. The minimum atomic E-state index is -0.277. The van der Waals surface area contributed by atoms with Gasteiger partial charge in [-0.2, -0.15) is 0 Å². The van der Waals surface area contributed by atoms with E-state index in [4.69, 9.17) is 9.47 Å². The first-order valence-electron chi connectivity index (χ1n) is 5.41. The van der Waals surface area contributed by atoms with E-state index in [1.807, 2.05) is 6.07 Å². The Bertz CT molecular complexity index is 393. The van der Waals surface area contributed by atoms with Gasteiger partial charge in [0.1, 0.15) is 0 Å². The largest absolute Gasteiger partial charge is 0.493 e. The van der Waals surface area contributed by atoms with Gasteiger partial charge in [-0.25, -0.2) is 4.39 Å². The number of benzene rings is 1. The van der Waals surface area contributed by atoms with E-state index in [-0.39, 0.29) is 11.6 Å². The third-order valence-electron chi connectivity index (χ3n) is 2.93. The van der Waals surface area contributed by atoms with Gasteiger partial charge in [0.2, 0.25) is 0 Å². The minimum Gasteiger partial charge on any atom is -0.493 e. The summed E-state index contributed by atoms with van der Waals surface area (Å²) in [5, 5.41) is 3.25. The van der Waals surface area contributed by atoms with Crippen LogP contribution in [0.4, 0.5) is 4.39 Å². The molecule has 1 aliphatic heterocycles. The van der Waals surface area contributed by atoms with E-state index < -0.39 is 0 Å². The van der Waals surface area contributed by atoms with Crippen molar-refractivity contribution in [1.29, 1.82) is 0 Å². The molecule has 1 aromatic carbocycles. The van der Waals surface area contributed by atoms with E-state index in [0.29, 0.717) is 12.2 Å². The van der Waals surface area contributed by atoms with Gasteiger partial charge < -0.3 is 14.8 Å². The smallest absolute Gasteiger partial charge is 0.197 e. The summed E-state index contributed by atoms with van der Waals surface area (Å²) in [4.78, 5) is 0. The van der Waals surface area contributed by atoms with Crippen molar-refractivity contribution in [2.45, 2.75) is 12.8 Å². The van der Waals surface area contributed by atoms with E-state index in [1.165, 1.54) is 14.2 Å². The fourth-order valence-electron chi connectivity index (χ4n) is 2.09. The van der Waals surface area contributed by atoms with Crippen LogP contribution in [0.2, 0.25) is 0 Å². The Morgan fingerprint density at radius 1 is 1.19 bits per heavy atom. The maximum absolute atomic E-state index is 14.1. The number of halogens is 1. The average molecular weight is 225 g/mol. The van der Waals surface area contributed by atoms with Crippen LogP contribution in [0.15, 0.2) is 6.07 Å². The number of rotatable bonds is 2. The highest BCUT2D eigenvalue weighted by atomic mass is 19.1. The molecule has 2 rings (SSSR count). The van der Waals surface area contributed by atoms with Crippen molar-refractivity contribution in [3.63, 3.8) is 0 Å². The minimum absolute atomic E-state index is 0.211. The second-order valence-corrected chi connectivity index (χ2v) is 3.81. The molecule has 0 fully saturated rings. The van der Waals surface area contributed by atoms with Crippen molar-refractivity contribution in [2.24, 2.45) is 0 Å². The van der Waals surface area contributed by atoms with Gasteiger partial charge in [-0.3, -0.25) is 0 Å². The molecule has 1 N–H and O–H groups in total. The molecule has 16 heavy (non-hydrogen) atoms. The molecule has 1 aromatic rings. The van der Waals surface area contributed by atoms with Gasteiger partial charge in [0.05, 0.1) is 14.2 Å². The van der Waals surface area contributed by atoms with Crippen LogP contribution in [-0.2, 0) is 12.8 Å². The first-order valence-corrected chi connectivity index (χ1v) is 5.41. The molecule has 0 saturated carbocycles. The van der Waals surface area contributed by atoms with E-state index in [9.17, 15) is 4.39 Å². The molecule has 88 valence electrons. The topological polar surface area (TPSA) is 30.5 Å². The Balaban J connectivity index is 2.54. The first-order chi connectivity index (χ1) is 7.77. The lowest BCUT2D eigenvalue weighted by atomic mass is 10.0. The van der Waals surface area contributed by atoms with E-state index in [1.54, 1.807) is 0 Å².